The number of fused-ring (bicyclic) bond motifs is 1. The van der Waals surface area contributed by atoms with Gasteiger partial charge in [-0.3, -0.25) is 4.79 Å². The van der Waals surface area contributed by atoms with E-state index in [1.807, 2.05) is 43.3 Å². The first kappa shape index (κ1) is 17.6. The summed E-state index contributed by atoms with van der Waals surface area (Å²) in [5, 5.41) is 3.03. The number of methoxy groups -OCH3 is 1. The number of carbonyl (C=O) groups is 1. The van der Waals surface area contributed by atoms with Crippen LogP contribution in [0.3, 0.4) is 0 Å². The highest BCUT2D eigenvalue weighted by Gasteiger charge is 2.19. The Labute approximate surface area is 155 Å². The summed E-state index contributed by atoms with van der Waals surface area (Å²) >= 11 is 3.39. The molecule has 0 saturated heterocycles. The van der Waals surface area contributed by atoms with Gasteiger partial charge in [-0.2, -0.15) is 0 Å². The fourth-order valence-electron chi connectivity index (χ4n) is 2.82. The van der Waals surface area contributed by atoms with Crippen LogP contribution in [0.2, 0.25) is 0 Å². The molecule has 0 saturated carbocycles. The van der Waals surface area contributed by atoms with E-state index in [0.29, 0.717) is 18.7 Å². The second-order valence-corrected chi connectivity index (χ2v) is 6.72. The van der Waals surface area contributed by atoms with Crippen LogP contribution >= 0.6 is 15.9 Å². The number of rotatable bonds is 6. The highest BCUT2D eigenvalue weighted by atomic mass is 79.9. The van der Waals surface area contributed by atoms with Crippen LogP contribution in [-0.2, 0) is 11.3 Å². The van der Waals surface area contributed by atoms with Crippen molar-refractivity contribution in [2.45, 2.75) is 19.5 Å². The van der Waals surface area contributed by atoms with Crippen LogP contribution in [0.1, 0.15) is 29.1 Å². The second kappa shape index (κ2) is 7.80. The van der Waals surface area contributed by atoms with Gasteiger partial charge in [0.25, 0.3) is 5.91 Å². The van der Waals surface area contributed by atoms with Gasteiger partial charge in [0.1, 0.15) is 5.82 Å². The fourth-order valence-corrected chi connectivity index (χ4v) is 3.22. The Morgan fingerprint density at radius 1 is 1.28 bits per heavy atom. The summed E-state index contributed by atoms with van der Waals surface area (Å²) in [7, 11) is 1.68. The van der Waals surface area contributed by atoms with E-state index in [0.717, 1.165) is 21.3 Å². The minimum absolute atomic E-state index is 0.126. The number of ether oxygens (including phenoxy) is 1. The zero-order chi connectivity index (χ0) is 17.8. The van der Waals surface area contributed by atoms with E-state index in [1.54, 1.807) is 19.2 Å². The molecule has 1 N–H and O–H groups in total. The fraction of sp³-hybridized carbons (Fsp3) is 0.263. The number of nitrogens with one attached hydrogen (secondary N) is 1. The molecule has 130 valence electrons. The topological polar surface area (TPSA) is 56.1 Å². The van der Waals surface area contributed by atoms with E-state index >= 15 is 0 Å². The number of amides is 1. The maximum atomic E-state index is 12.5. The first-order chi connectivity index (χ1) is 12.1. The summed E-state index contributed by atoms with van der Waals surface area (Å²) in [4.78, 5) is 17.2. The number of halogens is 1. The van der Waals surface area contributed by atoms with Gasteiger partial charge in [0.2, 0.25) is 0 Å². The molecule has 0 fully saturated rings. The molecule has 0 aliphatic heterocycles. The van der Waals surface area contributed by atoms with Crippen molar-refractivity contribution in [2.24, 2.45) is 0 Å². The SMILES string of the molecule is COCCn1c(C(C)NC(=O)c2cccc(Br)c2)nc2ccccc21. The first-order valence-electron chi connectivity index (χ1n) is 8.10. The lowest BCUT2D eigenvalue weighted by Gasteiger charge is -2.16. The largest absolute Gasteiger partial charge is 0.383 e. The summed E-state index contributed by atoms with van der Waals surface area (Å²) < 4.78 is 8.20. The normalized spacial score (nSPS) is 12.3. The molecule has 0 bridgehead atoms. The van der Waals surface area contributed by atoms with Crippen molar-refractivity contribution in [1.82, 2.24) is 14.9 Å². The zero-order valence-corrected chi connectivity index (χ0v) is 15.8. The molecule has 6 heteroatoms. The Morgan fingerprint density at radius 3 is 2.84 bits per heavy atom. The predicted octanol–water partition coefficient (Wildman–Crippen LogP) is 3.94. The monoisotopic (exact) mass is 401 g/mol. The molecule has 0 radical (unpaired) electrons. The lowest BCUT2D eigenvalue weighted by atomic mass is 10.2. The molecule has 0 aliphatic rings. The maximum Gasteiger partial charge on any atom is 0.251 e. The minimum atomic E-state index is -0.226. The van der Waals surface area contributed by atoms with Gasteiger partial charge in [-0.05, 0) is 37.3 Å². The quantitative estimate of drug-likeness (QED) is 0.680. The molecule has 1 atom stereocenters. The maximum absolute atomic E-state index is 12.5. The smallest absolute Gasteiger partial charge is 0.251 e. The van der Waals surface area contributed by atoms with Crippen LogP contribution in [0.25, 0.3) is 11.0 Å². The molecular weight excluding hydrogens is 382 g/mol. The summed E-state index contributed by atoms with van der Waals surface area (Å²) in [6.45, 7) is 3.21. The average Bonchev–Trinajstić information content (AvgIpc) is 2.98. The van der Waals surface area contributed by atoms with Gasteiger partial charge in [0, 0.05) is 23.7 Å². The molecule has 2 aromatic carbocycles. The van der Waals surface area contributed by atoms with Crippen molar-refractivity contribution < 1.29 is 9.53 Å². The van der Waals surface area contributed by atoms with Crippen molar-refractivity contribution in [2.75, 3.05) is 13.7 Å². The standard InChI is InChI=1S/C19H20BrN3O2/c1-13(21-19(24)14-6-5-7-15(20)12-14)18-22-16-8-3-4-9-17(16)23(18)10-11-25-2/h3-9,12-13H,10-11H2,1-2H3,(H,21,24). The van der Waals surface area contributed by atoms with Crippen LogP contribution in [0.4, 0.5) is 0 Å². The first-order valence-corrected chi connectivity index (χ1v) is 8.90. The van der Waals surface area contributed by atoms with Gasteiger partial charge in [-0.15, -0.1) is 0 Å². The van der Waals surface area contributed by atoms with Crippen molar-refractivity contribution in [1.29, 1.82) is 0 Å². The minimum Gasteiger partial charge on any atom is -0.383 e. The van der Waals surface area contributed by atoms with Gasteiger partial charge >= 0.3 is 0 Å². The third-order valence-electron chi connectivity index (χ3n) is 4.02. The van der Waals surface area contributed by atoms with Crippen molar-refractivity contribution in [3.63, 3.8) is 0 Å². The number of hydrogen-bond acceptors (Lipinski definition) is 3. The lowest BCUT2D eigenvalue weighted by Crippen LogP contribution is -2.29. The number of aromatic nitrogens is 2. The van der Waals surface area contributed by atoms with E-state index in [1.165, 1.54) is 0 Å². The van der Waals surface area contributed by atoms with Crippen LogP contribution in [0, 0.1) is 0 Å². The number of imidazole rings is 1. The Hall–Kier alpha value is -2.18. The number of hydrogen-bond donors (Lipinski definition) is 1. The Morgan fingerprint density at radius 2 is 2.08 bits per heavy atom. The summed E-state index contributed by atoms with van der Waals surface area (Å²) in [5.41, 5.74) is 2.57. The second-order valence-electron chi connectivity index (χ2n) is 5.81. The highest BCUT2D eigenvalue weighted by molar-refractivity contribution is 9.10. The molecule has 1 heterocycles. The van der Waals surface area contributed by atoms with Crippen molar-refractivity contribution in [3.8, 4) is 0 Å². The molecule has 5 nitrogen and oxygen atoms in total. The number of para-hydroxylation sites is 2. The zero-order valence-electron chi connectivity index (χ0n) is 14.2. The van der Waals surface area contributed by atoms with E-state index in [4.69, 9.17) is 9.72 Å². The summed E-state index contributed by atoms with van der Waals surface area (Å²) in [6, 6.07) is 15.1. The van der Waals surface area contributed by atoms with Crippen LogP contribution in [0.5, 0.6) is 0 Å². The van der Waals surface area contributed by atoms with Crippen molar-refractivity contribution in [3.05, 3.63) is 64.4 Å². The van der Waals surface area contributed by atoms with Gasteiger partial charge in [0.05, 0.1) is 23.7 Å². The average molecular weight is 402 g/mol. The van der Waals surface area contributed by atoms with Gasteiger partial charge < -0.3 is 14.6 Å². The summed E-state index contributed by atoms with van der Waals surface area (Å²) in [6.07, 6.45) is 0. The number of carbonyl (C=O) groups excluding carboxylic acids is 1. The molecule has 1 aromatic heterocycles. The molecule has 1 unspecified atom stereocenters. The van der Waals surface area contributed by atoms with Crippen molar-refractivity contribution >= 4 is 32.9 Å². The van der Waals surface area contributed by atoms with Crippen LogP contribution in [-0.4, -0.2) is 29.2 Å². The molecule has 1 amide bonds. The van der Waals surface area contributed by atoms with E-state index in [2.05, 4.69) is 25.8 Å². The third-order valence-corrected chi connectivity index (χ3v) is 4.52. The van der Waals surface area contributed by atoms with Crippen LogP contribution < -0.4 is 5.32 Å². The van der Waals surface area contributed by atoms with Gasteiger partial charge in [-0.1, -0.05) is 34.1 Å². The Kier molecular flexibility index (Phi) is 5.50. The van der Waals surface area contributed by atoms with E-state index < -0.39 is 0 Å². The number of benzene rings is 2. The molecule has 25 heavy (non-hydrogen) atoms. The van der Waals surface area contributed by atoms with Gasteiger partial charge in [-0.25, -0.2) is 4.98 Å². The molecule has 3 rings (SSSR count). The Bertz CT molecular complexity index is 891. The van der Waals surface area contributed by atoms with E-state index in [-0.39, 0.29) is 11.9 Å². The predicted molar refractivity (Wildman–Crippen MR) is 102 cm³/mol. The Balaban J connectivity index is 1.88. The highest BCUT2D eigenvalue weighted by Crippen LogP contribution is 2.21. The van der Waals surface area contributed by atoms with Gasteiger partial charge in [0.15, 0.2) is 0 Å². The number of nitrogens with zero attached hydrogens (tertiary/aromatic N) is 2. The third kappa shape index (κ3) is 3.91. The van der Waals surface area contributed by atoms with Crippen LogP contribution in [0.15, 0.2) is 53.0 Å². The van der Waals surface area contributed by atoms with E-state index in [9.17, 15) is 4.79 Å². The summed E-state index contributed by atoms with van der Waals surface area (Å²) in [5.74, 6) is 0.695. The molecular formula is C19H20BrN3O2. The molecule has 3 aromatic rings. The molecule has 0 spiro atoms. The molecule has 0 aliphatic carbocycles. The lowest BCUT2D eigenvalue weighted by molar-refractivity contribution is 0.0937.